The van der Waals surface area contributed by atoms with E-state index >= 15 is 0 Å². The van der Waals surface area contributed by atoms with Crippen molar-refractivity contribution in [1.29, 1.82) is 0 Å². The molecule has 0 radical (unpaired) electrons. The molecule has 0 spiro atoms. The summed E-state index contributed by atoms with van der Waals surface area (Å²) in [6, 6.07) is 11.4. The molecule has 2 heterocycles. The van der Waals surface area contributed by atoms with Gasteiger partial charge in [0.2, 0.25) is 5.01 Å². The van der Waals surface area contributed by atoms with Crippen molar-refractivity contribution in [3.63, 3.8) is 0 Å². The smallest absolute Gasteiger partial charge is 0.322 e. The zero-order chi connectivity index (χ0) is 23.4. The van der Waals surface area contributed by atoms with Crippen molar-refractivity contribution in [1.82, 2.24) is 15.1 Å². The van der Waals surface area contributed by atoms with Gasteiger partial charge in [-0.2, -0.15) is 0 Å². The van der Waals surface area contributed by atoms with Gasteiger partial charge in [0.1, 0.15) is 16.5 Å². The van der Waals surface area contributed by atoms with Crippen LogP contribution in [0.15, 0.2) is 42.5 Å². The van der Waals surface area contributed by atoms with Crippen LogP contribution in [0.2, 0.25) is 5.02 Å². The van der Waals surface area contributed by atoms with Gasteiger partial charge in [0.15, 0.2) is 0 Å². The SMILES string of the molecule is COc1cc(NC(=O)N2CCC[C@H]2c2nnc(C(=O)Nc3ccc(Cl)cc3)s2)cc(OC)c1. The van der Waals surface area contributed by atoms with E-state index in [1.165, 1.54) is 11.3 Å². The predicted molar refractivity (Wildman–Crippen MR) is 127 cm³/mol. The zero-order valence-corrected chi connectivity index (χ0v) is 19.6. The molecule has 172 valence electrons. The number of hydrogen-bond donors (Lipinski definition) is 2. The lowest BCUT2D eigenvalue weighted by atomic mass is 10.2. The van der Waals surface area contributed by atoms with Crippen molar-refractivity contribution in [3.05, 3.63) is 57.5 Å². The highest BCUT2D eigenvalue weighted by Crippen LogP contribution is 2.35. The van der Waals surface area contributed by atoms with Crippen LogP contribution in [0, 0.1) is 0 Å². The number of urea groups is 1. The van der Waals surface area contributed by atoms with Gasteiger partial charge in [0.05, 0.1) is 20.3 Å². The maximum atomic E-state index is 13.0. The second kappa shape index (κ2) is 10.1. The van der Waals surface area contributed by atoms with E-state index < -0.39 is 0 Å². The van der Waals surface area contributed by atoms with Gasteiger partial charge < -0.3 is 25.0 Å². The van der Waals surface area contributed by atoms with Crippen molar-refractivity contribution in [2.45, 2.75) is 18.9 Å². The Labute approximate surface area is 199 Å². The number of carbonyl (C=O) groups excluding carboxylic acids is 2. The van der Waals surface area contributed by atoms with Crippen LogP contribution in [0.5, 0.6) is 11.5 Å². The molecule has 4 rings (SSSR count). The number of ether oxygens (including phenoxy) is 2. The van der Waals surface area contributed by atoms with Gasteiger partial charge in [-0.1, -0.05) is 22.9 Å². The van der Waals surface area contributed by atoms with Crippen LogP contribution in [-0.2, 0) is 0 Å². The van der Waals surface area contributed by atoms with Gasteiger partial charge in [0, 0.05) is 41.1 Å². The molecule has 11 heteroatoms. The number of carbonyl (C=O) groups is 2. The summed E-state index contributed by atoms with van der Waals surface area (Å²) < 4.78 is 10.5. The van der Waals surface area contributed by atoms with Crippen molar-refractivity contribution < 1.29 is 19.1 Å². The van der Waals surface area contributed by atoms with Gasteiger partial charge in [0.25, 0.3) is 5.91 Å². The maximum absolute atomic E-state index is 13.0. The van der Waals surface area contributed by atoms with Crippen LogP contribution in [0.3, 0.4) is 0 Å². The quantitative estimate of drug-likeness (QED) is 0.516. The average molecular weight is 488 g/mol. The minimum Gasteiger partial charge on any atom is -0.497 e. The fourth-order valence-corrected chi connectivity index (χ4v) is 4.53. The zero-order valence-electron chi connectivity index (χ0n) is 18.0. The molecule has 0 unspecified atom stereocenters. The summed E-state index contributed by atoms with van der Waals surface area (Å²) >= 11 is 7.06. The Hall–Kier alpha value is -3.37. The first-order valence-corrected chi connectivity index (χ1v) is 11.4. The molecule has 2 N–H and O–H groups in total. The second-order valence-corrected chi connectivity index (χ2v) is 8.73. The highest BCUT2D eigenvalue weighted by Gasteiger charge is 2.33. The van der Waals surface area contributed by atoms with Crippen LogP contribution in [0.25, 0.3) is 0 Å². The molecule has 1 aliphatic heterocycles. The number of amides is 3. The number of hydrogen-bond acceptors (Lipinski definition) is 7. The molecule has 1 fully saturated rings. The van der Waals surface area contributed by atoms with E-state index in [9.17, 15) is 9.59 Å². The molecular formula is C22H22ClN5O4S. The Balaban J connectivity index is 1.45. The Morgan fingerprint density at radius 3 is 2.39 bits per heavy atom. The number of rotatable bonds is 6. The van der Waals surface area contributed by atoms with Gasteiger partial charge in [-0.25, -0.2) is 4.79 Å². The van der Waals surface area contributed by atoms with Crippen LogP contribution in [0.4, 0.5) is 16.2 Å². The fourth-order valence-electron chi connectivity index (χ4n) is 3.52. The number of halogens is 1. The minimum absolute atomic E-state index is 0.227. The molecule has 1 atom stereocenters. The molecule has 1 aromatic heterocycles. The fraction of sp³-hybridized carbons (Fsp3) is 0.273. The lowest BCUT2D eigenvalue weighted by molar-refractivity contribution is 0.102. The van der Waals surface area contributed by atoms with Crippen LogP contribution in [-0.4, -0.2) is 47.8 Å². The standard InChI is InChI=1S/C22H22ClN5O4S/c1-31-16-10-15(11-17(12-16)32-2)25-22(30)28-9-3-4-18(28)20-26-27-21(33-20)19(29)24-14-7-5-13(23)6-8-14/h5-8,10-12,18H,3-4,9H2,1-2H3,(H,24,29)(H,25,30)/t18-/m0/s1. The third-order valence-electron chi connectivity index (χ3n) is 5.14. The number of aromatic nitrogens is 2. The van der Waals surface area contributed by atoms with E-state index in [0.717, 1.165) is 12.8 Å². The molecule has 33 heavy (non-hydrogen) atoms. The van der Waals surface area contributed by atoms with E-state index in [1.54, 1.807) is 61.6 Å². The van der Waals surface area contributed by atoms with E-state index in [-0.39, 0.29) is 23.0 Å². The molecule has 3 aromatic rings. The molecule has 2 aromatic carbocycles. The largest absolute Gasteiger partial charge is 0.497 e. The van der Waals surface area contributed by atoms with Gasteiger partial charge >= 0.3 is 6.03 Å². The van der Waals surface area contributed by atoms with Gasteiger partial charge in [-0.05, 0) is 37.1 Å². The molecular weight excluding hydrogens is 466 g/mol. The Morgan fingerprint density at radius 2 is 1.73 bits per heavy atom. The summed E-state index contributed by atoms with van der Waals surface area (Å²) in [5, 5.41) is 15.3. The summed E-state index contributed by atoms with van der Waals surface area (Å²) in [6.07, 6.45) is 1.56. The molecule has 1 aliphatic rings. The van der Waals surface area contributed by atoms with Gasteiger partial charge in [-0.3, -0.25) is 4.79 Å². The third kappa shape index (κ3) is 5.35. The van der Waals surface area contributed by atoms with E-state index in [2.05, 4.69) is 20.8 Å². The lowest BCUT2D eigenvalue weighted by Gasteiger charge is -2.23. The van der Waals surface area contributed by atoms with E-state index in [0.29, 0.717) is 39.4 Å². The molecule has 1 saturated heterocycles. The summed E-state index contributed by atoms with van der Waals surface area (Å²) in [5.74, 6) is 0.782. The normalized spacial score (nSPS) is 15.2. The Morgan fingerprint density at radius 1 is 1.03 bits per heavy atom. The summed E-state index contributed by atoms with van der Waals surface area (Å²) in [6.45, 7) is 0.573. The summed E-state index contributed by atoms with van der Waals surface area (Å²) in [5.41, 5.74) is 1.17. The molecule has 9 nitrogen and oxygen atoms in total. The Kier molecular flexibility index (Phi) is 6.95. The highest BCUT2D eigenvalue weighted by atomic mass is 35.5. The summed E-state index contributed by atoms with van der Waals surface area (Å²) in [4.78, 5) is 27.3. The van der Waals surface area contributed by atoms with Gasteiger partial charge in [-0.15, -0.1) is 10.2 Å². The second-order valence-electron chi connectivity index (χ2n) is 7.29. The van der Waals surface area contributed by atoms with Crippen LogP contribution >= 0.6 is 22.9 Å². The monoisotopic (exact) mass is 487 g/mol. The molecule has 0 bridgehead atoms. The minimum atomic E-state index is -0.362. The van der Waals surface area contributed by atoms with Crippen LogP contribution < -0.4 is 20.1 Å². The first-order valence-electron chi connectivity index (χ1n) is 10.2. The maximum Gasteiger partial charge on any atom is 0.322 e. The van der Waals surface area contributed by atoms with E-state index in [1.807, 2.05) is 0 Å². The molecule has 0 aliphatic carbocycles. The first-order chi connectivity index (χ1) is 16.0. The topological polar surface area (TPSA) is 106 Å². The first kappa shape index (κ1) is 22.8. The number of benzene rings is 2. The van der Waals surface area contributed by atoms with Crippen molar-refractivity contribution in [2.75, 3.05) is 31.4 Å². The third-order valence-corrected chi connectivity index (χ3v) is 6.41. The Bertz CT molecular complexity index is 1130. The van der Waals surface area contributed by atoms with Crippen LogP contribution in [0.1, 0.15) is 33.7 Å². The predicted octanol–water partition coefficient (Wildman–Crippen LogP) is 4.83. The van der Waals surface area contributed by atoms with Crippen molar-refractivity contribution in [2.24, 2.45) is 0 Å². The van der Waals surface area contributed by atoms with Crippen molar-refractivity contribution >= 4 is 46.3 Å². The molecule has 3 amide bonds. The molecule has 0 saturated carbocycles. The average Bonchev–Trinajstić information content (AvgIpc) is 3.50. The number of nitrogens with zero attached hydrogens (tertiary/aromatic N) is 3. The summed E-state index contributed by atoms with van der Waals surface area (Å²) in [7, 11) is 3.10. The number of methoxy groups -OCH3 is 2. The highest BCUT2D eigenvalue weighted by molar-refractivity contribution is 7.13. The number of nitrogens with one attached hydrogen (secondary N) is 2. The number of anilines is 2. The number of likely N-dealkylation sites (tertiary alicyclic amines) is 1. The van der Waals surface area contributed by atoms with E-state index in [4.69, 9.17) is 21.1 Å². The lowest BCUT2D eigenvalue weighted by Crippen LogP contribution is -2.34. The van der Waals surface area contributed by atoms with Crippen molar-refractivity contribution in [3.8, 4) is 11.5 Å².